The van der Waals surface area contributed by atoms with Crippen LogP contribution >= 0.6 is 0 Å². The molecule has 2 rings (SSSR count). The van der Waals surface area contributed by atoms with E-state index in [0.29, 0.717) is 11.4 Å². The van der Waals surface area contributed by atoms with Crippen LogP contribution in [0.15, 0.2) is 41.2 Å². The molecular weight excluding hydrogens is 288 g/mol. The maximum absolute atomic E-state index is 12.0. The molecule has 22 heavy (non-hydrogen) atoms. The average molecular weight is 302 g/mol. The zero-order valence-corrected chi connectivity index (χ0v) is 11.8. The Kier molecular flexibility index (Phi) is 4.52. The number of hydrogen-bond donors (Lipinski definition) is 2. The van der Waals surface area contributed by atoms with Crippen molar-refractivity contribution in [3.63, 3.8) is 0 Å². The van der Waals surface area contributed by atoms with Gasteiger partial charge in [0, 0.05) is 18.8 Å². The molecule has 1 aromatic heterocycles. The minimum atomic E-state index is -0.571. The summed E-state index contributed by atoms with van der Waals surface area (Å²) in [5.74, 6) is -0.559. The molecule has 114 valence electrons. The van der Waals surface area contributed by atoms with Gasteiger partial charge in [-0.05, 0) is 30.3 Å². The van der Waals surface area contributed by atoms with Gasteiger partial charge in [0.15, 0.2) is 6.61 Å². The molecule has 0 spiro atoms. The first-order valence-corrected chi connectivity index (χ1v) is 6.32. The molecule has 8 nitrogen and oxygen atoms in total. The number of rotatable bonds is 5. The largest absolute Gasteiger partial charge is 0.484 e. The highest BCUT2D eigenvalue weighted by atomic mass is 16.5. The van der Waals surface area contributed by atoms with Crippen molar-refractivity contribution in [3.05, 3.63) is 52.4 Å². The molecule has 2 amide bonds. The second-order valence-corrected chi connectivity index (χ2v) is 4.41. The first-order valence-electron chi connectivity index (χ1n) is 6.32. The van der Waals surface area contributed by atoms with Crippen molar-refractivity contribution in [2.24, 2.45) is 12.8 Å². The van der Waals surface area contributed by atoms with Gasteiger partial charge in [0.05, 0.1) is 0 Å². The average Bonchev–Trinajstić information content (AvgIpc) is 2.49. The Balaban J connectivity index is 2.03. The van der Waals surface area contributed by atoms with Crippen LogP contribution in [-0.2, 0) is 11.8 Å². The summed E-state index contributed by atoms with van der Waals surface area (Å²) in [6.45, 7) is -0.215. The third-order valence-corrected chi connectivity index (χ3v) is 2.69. The molecule has 0 unspecified atom stereocenters. The van der Waals surface area contributed by atoms with Gasteiger partial charge in [-0.2, -0.15) is 5.10 Å². The summed E-state index contributed by atoms with van der Waals surface area (Å²) >= 11 is 0. The summed E-state index contributed by atoms with van der Waals surface area (Å²) in [7, 11) is 1.46. The highest BCUT2D eigenvalue weighted by molar-refractivity contribution is 6.02. The van der Waals surface area contributed by atoms with Crippen LogP contribution in [0.5, 0.6) is 5.75 Å². The maximum Gasteiger partial charge on any atom is 0.276 e. The molecule has 0 fully saturated rings. The lowest BCUT2D eigenvalue weighted by Gasteiger charge is -2.07. The lowest BCUT2D eigenvalue weighted by atomic mass is 10.3. The van der Waals surface area contributed by atoms with Crippen molar-refractivity contribution in [2.75, 3.05) is 11.9 Å². The van der Waals surface area contributed by atoms with Crippen LogP contribution in [0.3, 0.4) is 0 Å². The third kappa shape index (κ3) is 3.92. The molecule has 0 bridgehead atoms. The summed E-state index contributed by atoms with van der Waals surface area (Å²) in [5.41, 5.74) is 5.31. The monoisotopic (exact) mass is 302 g/mol. The Morgan fingerprint density at radius 2 is 1.91 bits per heavy atom. The Labute approximate surface area is 125 Å². The highest BCUT2D eigenvalue weighted by Crippen LogP contribution is 2.16. The normalized spacial score (nSPS) is 10.0. The van der Waals surface area contributed by atoms with E-state index in [1.807, 2.05) is 0 Å². The van der Waals surface area contributed by atoms with Crippen molar-refractivity contribution in [3.8, 4) is 5.75 Å². The van der Waals surface area contributed by atoms with Crippen LogP contribution in [0.25, 0.3) is 0 Å². The molecule has 0 aliphatic heterocycles. The summed E-state index contributed by atoms with van der Waals surface area (Å²) < 4.78 is 6.18. The first-order chi connectivity index (χ1) is 10.5. The number of aromatic nitrogens is 2. The van der Waals surface area contributed by atoms with Crippen LogP contribution in [-0.4, -0.2) is 28.2 Å². The summed E-state index contributed by atoms with van der Waals surface area (Å²) in [5, 5.41) is 6.48. The first kappa shape index (κ1) is 15.2. The van der Waals surface area contributed by atoms with E-state index in [-0.39, 0.29) is 17.9 Å². The van der Waals surface area contributed by atoms with Crippen LogP contribution < -0.4 is 21.3 Å². The molecule has 0 atom stereocenters. The van der Waals surface area contributed by atoms with Gasteiger partial charge in [0.2, 0.25) is 0 Å². The summed E-state index contributed by atoms with van der Waals surface area (Å²) in [6.07, 6.45) is 0. The number of anilines is 1. The van der Waals surface area contributed by atoms with Gasteiger partial charge in [-0.1, -0.05) is 0 Å². The minimum Gasteiger partial charge on any atom is -0.484 e. The SMILES string of the molecule is Cn1nc(C(=O)Nc2ccc(OCC(N)=O)cc2)ccc1=O. The summed E-state index contributed by atoms with van der Waals surface area (Å²) in [4.78, 5) is 33.8. The Morgan fingerprint density at radius 3 is 2.50 bits per heavy atom. The number of nitrogens with one attached hydrogen (secondary N) is 1. The fourth-order valence-corrected chi connectivity index (χ4v) is 1.61. The Morgan fingerprint density at radius 1 is 1.23 bits per heavy atom. The molecular formula is C14H14N4O4. The van der Waals surface area contributed by atoms with Crippen LogP contribution in [0, 0.1) is 0 Å². The second-order valence-electron chi connectivity index (χ2n) is 4.41. The zero-order chi connectivity index (χ0) is 16.1. The molecule has 3 N–H and O–H groups in total. The van der Waals surface area contributed by atoms with Crippen LogP contribution in [0.1, 0.15) is 10.5 Å². The standard InChI is InChI=1S/C14H14N4O4/c1-18-13(20)7-6-11(17-18)14(21)16-9-2-4-10(5-3-9)22-8-12(15)19/h2-7H,8H2,1H3,(H2,15,19)(H,16,21). The minimum absolute atomic E-state index is 0.121. The third-order valence-electron chi connectivity index (χ3n) is 2.69. The maximum atomic E-state index is 12.0. The van der Waals surface area contributed by atoms with Crippen LogP contribution in [0.2, 0.25) is 0 Å². The van der Waals surface area contributed by atoms with E-state index < -0.39 is 11.8 Å². The van der Waals surface area contributed by atoms with Crippen molar-refractivity contribution in [1.29, 1.82) is 0 Å². The fourth-order valence-electron chi connectivity index (χ4n) is 1.61. The lowest BCUT2D eigenvalue weighted by Crippen LogP contribution is -2.23. The number of aryl methyl sites for hydroxylation is 1. The van der Waals surface area contributed by atoms with Crippen molar-refractivity contribution in [2.45, 2.75) is 0 Å². The predicted octanol–water partition coefficient (Wildman–Crippen LogP) is -0.103. The van der Waals surface area contributed by atoms with Crippen LogP contribution in [0.4, 0.5) is 5.69 Å². The molecule has 0 aliphatic carbocycles. The van der Waals surface area contributed by atoms with E-state index in [4.69, 9.17) is 10.5 Å². The zero-order valence-electron chi connectivity index (χ0n) is 11.8. The van der Waals surface area contributed by atoms with E-state index in [1.165, 1.54) is 19.2 Å². The second kappa shape index (κ2) is 6.53. The van der Waals surface area contributed by atoms with Gasteiger partial charge in [-0.25, -0.2) is 4.68 Å². The van der Waals surface area contributed by atoms with Crippen molar-refractivity contribution < 1.29 is 14.3 Å². The van der Waals surface area contributed by atoms with E-state index >= 15 is 0 Å². The molecule has 2 aromatic rings. The molecule has 0 saturated heterocycles. The number of hydrogen-bond acceptors (Lipinski definition) is 5. The Hall–Kier alpha value is -3.16. The molecule has 1 aromatic carbocycles. The number of carbonyl (C=O) groups excluding carboxylic acids is 2. The number of benzene rings is 1. The molecule has 0 radical (unpaired) electrons. The quantitative estimate of drug-likeness (QED) is 0.799. The number of nitrogens with two attached hydrogens (primary N) is 1. The van der Waals surface area contributed by atoms with Crippen molar-refractivity contribution in [1.82, 2.24) is 9.78 Å². The lowest BCUT2D eigenvalue weighted by molar-refractivity contribution is -0.119. The van der Waals surface area contributed by atoms with Gasteiger partial charge in [-0.3, -0.25) is 14.4 Å². The van der Waals surface area contributed by atoms with Crippen molar-refractivity contribution >= 4 is 17.5 Å². The number of nitrogens with zero attached hydrogens (tertiary/aromatic N) is 2. The number of amides is 2. The topological polar surface area (TPSA) is 116 Å². The fraction of sp³-hybridized carbons (Fsp3) is 0.143. The van der Waals surface area contributed by atoms with Gasteiger partial charge in [-0.15, -0.1) is 0 Å². The van der Waals surface area contributed by atoms with Gasteiger partial charge in [0.25, 0.3) is 17.4 Å². The summed E-state index contributed by atoms with van der Waals surface area (Å²) in [6, 6.07) is 9.01. The number of ether oxygens (including phenoxy) is 1. The number of carbonyl (C=O) groups is 2. The van der Waals surface area contributed by atoms with Gasteiger partial charge < -0.3 is 15.8 Å². The predicted molar refractivity (Wildman–Crippen MR) is 78.6 cm³/mol. The molecule has 8 heteroatoms. The van der Waals surface area contributed by atoms with Gasteiger partial charge in [0.1, 0.15) is 11.4 Å². The molecule has 0 saturated carbocycles. The van der Waals surface area contributed by atoms with E-state index in [0.717, 1.165) is 4.68 Å². The Bertz CT molecular complexity index is 752. The highest BCUT2D eigenvalue weighted by Gasteiger charge is 2.09. The van der Waals surface area contributed by atoms with E-state index in [1.54, 1.807) is 24.3 Å². The van der Waals surface area contributed by atoms with E-state index in [9.17, 15) is 14.4 Å². The van der Waals surface area contributed by atoms with Gasteiger partial charge >= 0.3 is 0 Å². The number of primary amides is 1. The smallest absolute Gasteiger partial charge is 0.276 e. The van der Waals surface area contributed by atoms with E-state index in [2.05, 4.69) is 10.4 Å². The molecule has 0 aliphatic rings. The molecule has 1 heterocycles.